The topological polar surface area (TPSA) is 208 Å². The molecule has 0 amide bonds. The van der Waals surface area contributed by atoms with Crippen LogP contribution in [0.4, 0.5) is 23.3 Å². The number of hydrogen-bond donors (Lipinski definition) is 2. The van der Waals surface area contributed by atoms with Gasteiger partial charge in [-0.25, -0.2) is 9.59 Å². The zero-order valence-corrected chi connectivity index (χ0v) is 46.2. The van der Waals surface area contributed by atoms with Crippen LogP contribution in [-0.4, -0.2) is 80.5 Å². The number of hydrogen-bond acceptors (Lipinski definition) is 19. The molecule has 0 spiro atoms. The van der Waals surface area contributed by atoms with Gasteiger partial charge in [-0.2, -0.15) is 15.0 Å². The molecule has 2 N–H and O–H groups in total. The van der Waals surface area contributed by atoms with Crippen LogP contribution < -0.4 is 58.0 Å². The molecule has 0 bridgehead atoms. The van der Waals surface area contributed by atoms with Crippen LogP contribution in [0.2, 0.25) is 0 Å². The number of carbonyl (C=O) groups is 2. The number of aromatic nitrogens is 3. The van der Waals surface area contributed by atoms with Crippen molar-refractivity contribution in [1.29, 1.82) is 0 Å². The maximum Gasteiger partial charge on any atom is 0.330 e. The summed E-state index contributed by atoms with van der Waals surface area (Å²) in [7, 11) is 0. The number of halogens is 2. The molecule has 0 atom stereocenters. The SMILES string of the molecule is C=CC(=O)OCCCCOc1ccc(OCOc2ccc(OCOc3ccc(Nc4nc(C)nc(Nc5ccc(OCOc6ccc(OCOc7ccc(OCCCCOC(=O)C=C)c(Br)c7)cc6)cc5)n4)cc3)cc2)cc1Br. The molecule has 6 aromatic carbocycles. The van der Waals surface area contributed by atoms with Crippen molar-refractivity contribution in [1.82, 2.24) is 15.0 Å². The van der Waals surface area contributed by atoms with Crippen LogP contribution in [0.1, 0.15) is 31.5 Å². The van der Waals surface area contributed by atoms with E-state index in [1.54, 1.807) is 79.7 Å². The Balaban J connectivity index is 0.747. The third-order valence-corrected chi connectivity index (χ3v) is 11.9. The fraction of sp³-hybridized carbons (Fsp3) is 0.224. The van der Waals surface area contributed by atoms with Crippen LogP contribution >= 0.6 is 31.9 Å². The molecule has 412 valence electrons. The van der Waals surface area contributed by atoms with Gasteiger partial charge in [0.15, 0.2) is 0 Å². The van der Waals surface area contributed by atoms with Crippen LogP contribution in [0.3, 0.4) is 0 Å². The van der Waals surface area contributed by atoms with E-state index in [1.807, 2.05) is 60.7 Å². The van der Waals surface area contributed by atoms with Gasteiger partial charge in [-0.1, -0.05) is 13.2 Å². The highest BCUT2D eigenvalue weighted by atomic mass is 79.9. The lowest BCUT2D eigenvalue weighted by molar-refractivity contribution is -0.138. The van der Waals surface area contributed by atoms with Gasteiger partial charge in [0.2, 0.25) is 39.1 Å². The summed E-state index contributed by atoms with van der Waals surface area (Å²) in [5.74, 6) is 6.53. The molecule has 19 nitrogen and oxygen atoms in total. The monoisotopic (exact) mass is 1210 g/mol. The Morgan fingerprint density at radius 1 is 0.418 bits per heavy atom. The molecule has 7 aromatic rings. The summed E-state index contributed by atoms with van der Waals surface area (Å²) in [5, 5.41) is 6.43. The predicted octanol–water partition coefficient (Wildman–Crippen LogP) is 12.6. The summed E-state index contributed by atoms with van der Waals surface area (Å²) in [4.78, 5) is 35.7. The second-order valence-corrected chi connectivity index (χ2v) is 18.1. The maximum absolute atomic E-state index is 11.1. The smallest absolute Gasteiger partial charge is 0.330 e. The molecule has 21 heteroatoms. The first-order valence-corrected chi connectivity index (χ1v) is 26.3. The van der Waals surface area contributed by atoms with E-state index < -0.39 is 11.9 Å². The average Bonchev–Trinajstić information content (AvgIpc) is 3.45. The van der Waals surface area contributed by atoms with Crippen LogP contribution in [0, 0.1) is 6.92 Å². The molecule has 0 aliphatic rings. The first-order chi connectivity index (χ1) is 38.6. The Labute approximate surface area is 474 Å². The quantitative estimate of drug-likeness (QED) is 0.0166. The van der Waals surface area contributed by atoms with Gasteiger partial charge in [-0.3, -0.25) is 0 Å². The van der Waals surface area contributed by atoms with E-state index in [0.29, 0.717) is 114 Å². The number of unbranched alkanes of at least 4 members (excludes halogenated alkanes) is 2. The second-order valence-electron chi connectivity index (χ2n) is 16.4. The van der Waals surface area contributed by atoms with Gasteiger partial charge >= 0.3 is 11.9 Å². The van der Waals surface area contributed by atoms with E-state index in [4.69, 9.17) is 56.8 Å². The Morgan fingerprint density at radius 3 is 1.03 bits per heavy atom. The molecular weight excluding hydrogens is 1150 g/mol. The van der Waals surface area contributed by atoms with Gasteiger partial charge in [0.05, 0.1) is 35.4 Å². The molecule has 0 saturated heterocycles. The van der Waals surface area contributed by atoms with Crippen molar-refractivity contribution < 1.29 is 66.4 Å². The minimum absolute atomic E-state index is 0.00600. The van der Waals surface area contributed by atoms with Crippen LogP contribution in [0.15, 0.2) is 168 Å². The summed E-state index contributed by atoms with van der Waals surface area (Å²) in [6.45, 7) is 10.1. The normalized spacial score (nSPS) is 10.5. The van der Waals surface area contributed by atoms with Crippen molar-refractivity contribution in [2.75, 3.05) is 64.2 Å². The van der Waals surface area contributed by atoms with Gasteiger partial charge in [-0.15, -0.1) is 0 Å². The van der Waals surface area contributed by atoms with Gasteiger partial charge < -0.3 is 67.5 Å². The average molecular weight is 1210 g/mol. The van der Waals surface area contributed by atoms with Crippen molar-refractivity contribution in [2.45, 2.75) is 32.6 Å². The molecule has 79 heavy (non-hydrogen) atoms. The number of ether oxygens (including phenoxy) is 12. The molecular formula is C58H57Br2N5O14. The molecule has 0 saturated carbocycles. The summed E-state index contributed by atoms with van der Waals surface area (Å²) >= 11 is 7.03. The minimum Gasteiger partial charge on any atom is -0.492 e. The summed E-state index contributed by atoms with van der Waals surface area (Å²) in [6.07, 6.45) is 5.11. The van der Waals surface area contributed by atoms with E-state index in [9.17, 15) is 9.59 Å². The summed E-state index contributed by atoms with van der Waals surface area (Å²) in [6, 6.07) is 39.6. The first kappa shape index (κ1) is 58.0. The lowest BCUT2D eigenvalue weighted by Gasteiger charge is -2.13. The Bertz CT molecular complexity index is 2840. The molecule has 7 rings (SSSR count). The van der Waals surface area contributed by atoms with Crippen LogP contribution in [0.25, 0.3) is 0 Å². The highest BCUT2D eigenvalue weighted by molar-refractivity contribution is 9.11. The van der Waals surface area contributed by atoms with E-state index in [2.05, 4.69) is 70.6 Å². The number of aryl methyl sites for hydroxylation is 1. The fourth-order valence-electron chi connectivity index (χ4n) is 6.66. The summed E-state index contributed by atoms with van der Waals surface area (Å²) < 4.78 is 69.2. The lowest BCUT2D eigenvalue weighted by atomic mass is 10.3. The highest BCUT2D eigenvalue weighted by Crippen LogP contribution is 2.32. The maximum atomic E-state index is 11.1. The molecule has 0 fully saturated rings. The van der Waals surface area contributed by atoms with E-state index in [0.717, 1.165) is 45.3 Å². The molecule has 0 radical (unpaired) electrons. The second kappa shape index (κ2) is 31.5. The van der Waals surface area contributed by atoms with Gasteiger partial charge in [-0.05, 0) is 198 Å². The Morgan fingerprint density at radius 2 is 0.709 bits per heavy atom. The molecule has 0 aliphatic heterocycles. The van der Waals surface area contributed by atoms with Crippen LogP contribution in [-0.2, 0) is 19.1 Å². The lowest BCUT2D eigenvalue weighted by Crippen LogP contribution is -2.07. The van der Waals surface area contributed by atoms with Crippen molar-refractivity contribution >= 4 is 67.1 Å². The van der Waals surface area contributed by atoms with Crippen molar-refractivity contribution in [2.24, 2.45) is 0 Å². The van der Waals surface area contributed by atoms with Gasteiger partial charge in [0.25, 0.3) is 0 Å². The van der Waals surface area contributed by atoms with Crippen LogP contribution in [0.5, 0.6) is 57.5 Å². The number of esters is 2. The minimum atomic E-state index is -0.431. The molecule has 1 aromatic heterocycles. The number of carbonyl (C=O) groups excluding carboxylic acids is 2. The van der Waals surface area contributed by atoms with Gasteiger partial charge in [0.1, 0.15) is 63.3 Å². The van der Waals surface area contributed by atoms with Crippen molar-refractivity contribution in [3.8, 4) is 57.5 Å². The molecule has 0 unspecified atom stereocenters. The Hall–Kier alpha value is -8.69. The van der Waals surface area contributed by atoms with Crippen molar-refractivity contribution in [3.05, 3.63) is 174 Å². The zero-order chi connectivity index (χ0) is 55.4. The number of nitrogens with one attached hydrogen (secondary N) is 2. The standard InChI is InChI=1S/C58H57Br2N5O14/c1-4-55(66)70-32-8-6-30-68-53-28-26-49(34-51(53)59)78-38-76-47-22-18-45(19-23-47)74-36-72-43-14-10-41(11-15-43)63-57-61-40(3)62-58(65-57)64-42-12-16-44(17-13-42)73-37-75-46-20-24-48(25-21-46)77-39-79-50-27-29-54(52(60)35-50)69-31-7-9-33-71-56(67)5-2/h4-5,10-29,34-35H,1-2,6-9,30-33,36-39H2,3H3,(H2,61,62,63,64,65). The number of rotatable bonds is 34. The largest absolute Gasteiger partial charge is 0.492 e. The predicted molar refractivity (Wildman–Crippen MR) is 301 cm³/mol. The van der Waals surface area contributed by atoms with E-state index in [-0.39, 0.29) is 27.2 Å². The summed E-state index contributed by atoms with van der Waals surface area (Å²) in [5.41, 5.74) is 1.48. The van der Waals surface area contributed by atoms with E-state index >= 15 is 0 Å². The number of nitrogens with zero attached hydrogens (tertiary/aromatic N) is 3. The van der Waals surface area contributed by atoms with E-state index in [1.165, 1.54) is 0 Å². The third-order valence-electron chi connectivity index (χ3n) is 10.6. The fourth-order valence-corrected chi connectivity index (χ4v) is 7.60. The number of anilines is 4. The first-order valence-electron chi connectivity index (χ1n) is 24.7. The van der Waals surface area contributed by atoms with Crippen molar-refractivity contribution in [3.63, 3.8) is 0 Å². The molecule has 1 heterocycles. The molecule has 0 aliphatic carbocycles. The Kier molecular flexibility index (Phi) is 23.1. The zero-order valence-electron chi connectivity index (χ0n) is 43.1. The number of benzene rings is 6. The third kappa shape index (κ3) is 20.7. The van der Waals surface area contributed by atoms with Gasteiger partial charge in [0, 0.05) is 23.5 Å². The highest BCUT2D eigenvalue weighted by Gasteiger charge is 2.10.